The van der Waals surface area contributed by atoms with Gasteiger partial charge in [0.05, 0.1) is 6.61 Å². The lowest BCUT2D eigenvalue weighted by molar-refractivity contribution is 0.0905. The molecule has 0 fully saturated rings. The number of allylic oxidation sites excluding steroid dienone is 1. The van der Waals surface area contributed by atoms with E-state index in [1.54, 1.807) is 12.2 Å². The van der Waals surface area contributed by atoms with Crippen molar-refractivity contribution in [2.45, 2.75) is 12.8 Å². The molecule has 0 atom stereocenters. The molecule has 6 heteroatoms. The zero-order valence-electron chi connectivity index (χ0n) is 7.51. The molecule has 0 aliphatic heterocycles. The Labute approximate surface area is 80.7 Å². The van der Waals surface area contributed by atoms with Gasteiger partial charge in [-0.2, -0.15) is 0 Å². The number of rotatable bonds is 6. The Balaban J connectivity index is 3.19. The van der Waals surface area contributed by atoms with Gasteiger partial charge in [0.25, 0.3) is 0 Å². The number of carboxylic acid groups (broad SMARTS) is 2. The number of ether oxygens (including phenoxy) is 2. The summed E-state index contributed by atoms with van der Waals surface area (Å²) in [5.74, 6) is 0. The van der Waals surface area contributed by atoms with E-state index in [1.807, 2.05) is 0 Å². The van der Waals surface area contributed by atoms with Gasteiger partial charge in [0.2, 0.25) is 0 Å². The molecule has 0 rings (SSSR count). The largest absolute Gasteiger partial charge is 0.506 e. The second-order valence-corrected chi connectivity index (χ2v) is 2.30. The maximum atomic E-state index is 9.88. The Bertz CT molecular complexity index is 210. The van der Waals surface area contributed by atoms with Crippen molar-refractivity contribution in [2.24, 2.45) is 0 Å². The van der Waals surface area contributed by atoms with Crippen LogP contribution in [0.5, 0.6) is 0 Å². The molecule has 0 spiro atoms. The minimum absolute atomic E-state index is 0.00905. The van der Waals surface area contributed by atoms with Crippen molar-refractivity contribution in [3.05, 3.63) is 12.2 Å². The third-order valence-electron chi connectivity index (χ3n) is 1.21. The first kappa shape index (κ1) is 12.3. The van der Waals surface area contributed by atoms with Gasteiger partial charge in [0, 0.05) is 0 Å². The summed E-state index contributed by atoms with van der Waals surface area (Å²) < 4.78 is 8.44. The summed E-state index contributed by atoms with van der Waals surface area (Å²) >= 11 is 0. The Morgan fingerprint density at radius 2 is 1.71 bits per heavy atom. The van der Waals surface area contributed by atoms with Gasteiger partial charge in [-0.25, -0.2) is 9.59 Å². The van der Waals surface area contributed by atoms with Crippen molar-refractivity contribution < 1.29 is 29.3 Å². The second-order valence-electron chi connectivity index (χ2n) is 2.30. The SMILES string of the molecule is O=C(O)OCC=CCCCOC(=O)O. The third kappa shape index (κ3) is 10.3. The maximum Gasteiger partial charge on any atom is 0.506 e. The molecule has 0 aliphatic carbocycles. The van der Waals surface area contributed by atoms with E-state index in [9.17, 15) is 9.59 Å². The Kier molecular flexibility index (Phi) is 6.93. The molecule has 0 aromatic heterocycles. The van der Waals surface area contributed by atoms with Crippen LogP contribution in [0.1, 0.15) is 12.8 Å². The molecule has 0 saturated heterocycles. The number of hydrogen-bond acceptors (Lipinski definition) is 4. The van der Waals surface area contributed by atoms with E-state index < -0.39 is 12.3 Å². The molecule has 6 nitrogen and oxygen atoms in total. The van der Waals surface area contributed by atoms with Crippen LogP contribution < -0.4 is 0 Å². The summed E-state index contributed by atoms with van der Waals surface area (Å²) in [6, 6.07) is 0. The van der Waals surface area contributed by atoms with Gasteiger partial charge < -0.3 is 19.7 Å². The van der Waals surface area contributed by atoms with Crippen LogP contribution in [0, 0.1) is 0 Å². The first-order valence-electron chi connectivity index (χ1n) is 3.99. The molecule has 14 heavy (non-hydrogen) atoms. The van der Waals surface area contributed by atoms with Crippen LogP contribution in [-0.4, -0.2) is 35.7 Å². The van der Waals surface area contributed by atoms with Gasteiger partial charge in [0.15, 0.2) is 0 Å². The topological polar surface area (TPSA) is 93.1 Å². The monoisotopic (exact) mass is 204 g/mol. The van der Waals surface area contributed by atoms with Crippen LogP contribution in [0.3, 0.4) is 0 Å². The van der Waals surface area contributed by atoms with Crippen molar-refractivity contribution >= 4 is 12.3 Å². The minimum Gasteiger partial charge on any atom is -0.450 e. The van der Waals surface area contributed by atoms with Gasteiger partial charge in [-0.15, -0.1) is 0 Å². The van der Waals surface area contributed by atoms with Crippen LogP contribution in [0.15, 0.2) is 12.2 Å². The molecule has 0 unspecified atom stereocenters. The molecule has 2 N–H and O–H groups in total. The highest BCUT2D eigenvalue weighted by molar-refractivity contribution is 5.57. The van der Waals surface area contributed by atoms with E-state index >= 15 is 0 Å². The highest BCUT2D eigenvalue weighted by Gasteiger charge is 1.93. The van der Waals surface area contributed by atoms with E-state index in [0.29, 0.717) is 12.8 Å². The normalized spacial score (nSPS) is 10.0. The van der Waals surface area contributed by atoms with Crippen LogP contribution in [0.4, 0.5) is 9.59 Å². The second kappa shape index (κ2) is 7.90. The summed E-state index contributed by atoms with van der Waals surface area (Å²) in [4.78, 5) is 19.8. The van der Waals surface area contributed by atoms with E-state index in [4.69, 9.17) is 10.2 Å². The molecule has 80 valence electrons. The smallest absolute Gasteiger partial charge is 0.450 e. The van der Waals surface area contributed by atoms with E-state index in [1.165, 1.54) is 0 Å². The summed E-state index contributed by atoms with van der Waals surface area (Å²) in [5, 5.41) is 16.2. The number of unbranched alkanes of at least 4 members (excludes halogenated alkanes) is 1. The molecule has 0 saturated carbocycles. The lowest BCUT2D eigenvalue weighted by atomic mass is 10.3. The van der Waals surface area contributed by atoms with Crippen molar-refractivity contribution in [3.8, 4) is 0 Å². The molecule has 0 aliphatic rings. The van der Waals surface area contributed by atoms with Crippen molar-refractivity contribution in [1.82, 2.24) is 0 Å². The molecule has 0 bridgehead atoms. The molecular weight excluding hydrogens is 192 g/mol. The maximum absolute atomic E-state index is 9.88. The van der Waals surface area contributed by atoms with Crippen molar-refractivity contribution in [1.29, 1.82) is 0 Å². The average Bonchev–Trinajstić information content (AvgIpc) is 2.08. The van der Waals surface area contributed by atoms with Crippen molar-refractivity contribution in [2.75, 3.05) is 13.2 Å². The summed E-state index contributed by atoms with van der Waals surface area (Å²) in [5.41, 5.74) is 0. The van der Waals surface area contributed by atoms with E-state index in [0.717, 1.165) is 0 Å². The van der Waals surface area contributed by atoms with Gasteiger partial charge in [0.1, 0.15) is 6.61 Å². The zero-order valence-corrected chi connectivity index (χ0v) is 7.51. The Hall–Kier alpha value is -1.72. The fourth-order valence-electron chi connectivity index (χ4n) is 0.666. The lowest BCUT2D eigenvalue weighted by Gasteiger charge is -1.96. The summed E-state index contributed by atoms with van der Waals surface area (Å²) in [6.07, 6.45) is 1.84. The first-order valence-corrected chi connectivity index (χ1v) is 3.99. The fourth-order valence-corrected chi connectivity index (χ4v) is 0.666. The molecule has 0 aromatic rings. The summed E-state index contributed by atoms with van der Waals surface area (Å²) in [6.45, 7) is 0.147. The molecule has 0 radical (unpaired) electrons. The van der Waals surface area contributed by atoms with Gasteiger partial charge in [-0.05, 0) is 12.8 Å². The van der Waals surface area contributed by atoms with Crippen LogP contribution in [-0.2, 0) is 9.47 Å². The minimum atomic E-state index is -1.32. The van der Waals surface area contributed by atoms with Crippen LogP contribution in [0.2, 0.25) is 0 Å². The molecule has 0 aromatic carbocycles. The van der Waals surface area contributed by atoms with Gasteiger partial charge in [-0.1, -0.05) is 12.2 Å². The Morgan fingerprint density at radius 1 is 1.07 bits per heavy atom. The highest BCUT2D eigenvalue weighted by atomic mass is 16.7. The predicted molar refractivity (Wildman–Crippen MR) is 46.3 cm³/mol. The average molecular weight is 204 g/mol. The first-order chi connectivity index (χ1) is 6.63. The fraction of sp³-hybridized carbons (Fsp3) is 0.500. The molecule has 0 heterocycles. The zero-order chi connectivity index (χ0) is 10.8. The molecule has 0 amide bonds. The van der Waals surface area contributed by atoms with Gasteiger partial charge >= 0.3 is 12.3 Å². The highest BCUT2D eigenvalue weighted by Crippen LogP contribution is 1.92. The number of carbonyl (C=O) groups is 2. The Morgan fingerprint density at radius 3 is 2.29 bits per heavy atom. The standard InChI is InChI=1S/C8H12O6/c9-7(10)13-5-3-1-2-4-6-14-8(11)12/h1,3H,2,4-6H2,(H,9,10)(H,11,12). The van der Waals surface area contributed by atoms with E-state index in [2.05, 4.69) is 9.47 Å². The van der Waals surface area contributed by atoms with Crippen LogP contribution in [0.25, 0.3) is 0 Å². The quantitative estimate of drug-likeness (QED) is 0.388. The number of hydrogen-bond donors (Lipinski definition) is 2. The molecular formula is C8H12O6. The van der Waals surface area contributed by atoms with E-state index in [-0.39, 0.29) is 13.2 Å². The lowest BCUT2D eigenvalue weighted by Crippen LogP contribution is -2.01. The predicted octanol–water partition coefficient (Wildman–Crippen LogP) is 1.71. The summed E-state index contributed by atoms with van der Waals surface area (Å²) in [7, 11) is 0. The van der Waals surface area contributed by atoms with Gasteiger partial charge in [-0.3, -0.25) is 0 Å². The van der Waals surface area contributed by atoms with Crippen molar-refractivity contribution in [3.63, 3.8) is 0 Å². The third-order valence-corrected chi connectivity index (χ3v) is 1.21. The van der Waals surface area contributed by atoms with Crippen LogP contribution >= 0.6 is 0 Å².